The Hall–Kier alpha value is -2.94. The van der Waals surface area contributed by atoms with Gasteiger partial charge in [-0.2, -0.15) is 0 Å². The summed E-state index contributed by atoms with van der Waals surface area (Å²) < 4.78 is 4.97. The first-order valence-corrected chi connectivity index (χ1v) is 10.4. The lowest BCUT2D eigenvalue weighted by atomic mass is 10.0. The molecule has 1 aromatic carbocycles. The molecule has 2 heterocycles. The topological polar surface area (TPSA) is 118 Å². The van der Waals surface area contributed by atoms with Crippen LogP contribution in [-0.4, -0.2) is 47.6 Å². The van der Waals surface area contributed by atoms with Gasteiger partial charge < -0.3 is 25.7 Å². The molecule has 4 N–H and O–H groups in total. The quantitative estimate of drug-likeness (QED) is 0.600. The number of urea groups is 1. The van der Waals surface area contributed by atoms with Crippen LogP contribution in [0.5, 0.6) is 0 Å². The van der Waals surface area contributed by atoms with Crippen molar-refractivity contribution < 1.29 is 18.8 Å². The van der Waals surface area contributed by atoms with E-state index in [-0.39, 0.29) is 30.3 Å². The molecule has 0 saturated carbocycles. The van der Waals surface area contributed by atoms with Crippen LogP contribution in [0.15, 0.2) is 52.2 Å². The summed E-state index contributed by atoms with van der Waals surface area (Å²) in [7, 11) is 0. The second-order valence-electron chi connectivity index (χ2n) is 6.74. The van der Waals surface area contributed by atoms with Gasteiger partial charge in [0.15, 0.2) is 0 Å². The number of nitrogens with two attached hydrogens (primary N) is 1. The minimum atomic E-state index is -0.349. The molecule has 154 valence electrons. The normalized spacial score (nSPS) is 14.4. The summed E-state index contributed by atoms with van der Waals surface area (Å²) in [4.78, 5) is 38.3. The SMILES string of the molecule is NC(=O)CCSc1ccccc1NC(=O)NC1CCN(C(=O)c2ccoc2)CC1. The van der Waals surface area contributed by atoms with Gasteiger partial charge in [-0.15, -0.1) is 11.8 Å². The third-order valence-electron chi connectivity index (χ3n) is 4.63. The molecule has 1 fully saturated rings. The Kier molecular flexibility index (Phi) is 7.18. The van der Waals surface area contributed by atoms with Gasteiger partial charge in [-0.05, 0) is 31.0 Å². The van der Waals surface area contributed by atoms with Crippen LogP contribution in [0, 0.1) is 0 Å². The Balaban J connectivity index is 1.47. The van der Waals surface area contributed by atoms with Crippen LogP contribution >= 0.6 is 11.8 Å². The number of amides is 4. The van der Waals surface area contributed by atoms with E-state index in [0.717, 1.165) is 4.90 Å². The molecule has 0 unspecified atom stereocenters. The molecule has 29 heavy (non-hydrogen) atoms. The Morgan fingerprint density at radius 2 is 1.93 bits per heavy atom. The van der Waals surface area contributed by atoms with Gasteiger partial charge in [-0.3, -0.25) is 9.59 Å². The number of carbonyl (C=O) groups excluding carboxylic acids is 3. The highest BCUT2D eigenvalue weighted by atomic mass is 32.2. The van der Waals surface area contributed by atoms with E-state index in [0.29, 0.717) is 42.9 Å². The van der Waals surface area contributed by atoms with E-state index >= 15 is 0 Å². The Labute approximate surface area is 173 Å². The number of hydrogen-bond acceptors (Lipinski definition) is 5. The number of rotatable bonds is 7. The molecule has 8 nitrogen and oxygen atoms in total. The Morgan fingerprint density at radius 1 is 1.17 bits per heavy atom. The van der Waals surface area contributed by atoms with Crippen LogP contribution in [0.2, 0.25) is 0 Å². The lowest BCUT2D eigenvalue weighted by molar-refractivity contribution is -0.117. The number of primary amides is 1. The highest BCUT2D eigenvalue weighted by molar-refractivity contribution is 7.99. The lowest BCUT2D eigenvalue weighted by Gasteiger charge is -2.32. The van der Waals surface area contributed by atoms with Crippen molar-refractivity contribution in [2.45, 2.75) is 30.2 Å². The number of anilines is 1. The minimum absolute atomic E-state index is 0.00178. The number of benzene rings is 1. The van der Waals surface area contributed by atoms with Crippen LogP contribution < -0.4 is 16.4 Å². The van der Waals surface area contributed by atoms with Gasteiger partial charge in [0.25, 0.3) is 5.91 Å². The van der Waals surface area contributed by atoms with Crippen molar-refractivity contribution in [1.82, 2.24) is 10.2 Å². The van der Waals surface area contributed by atoms with E-state index in [1.54, 1.807) is 11.0 Å². The zero-order valence-electron chi connectivity index (χ0n) is 15.9. The van der Waals surface area contributed by atoms with Gasteiger partial charge in [0.2, 0.25) is 5.91 Å². The molecular formula is C20H24N4O4S. The van der Waals surface area contributed by atoms with Gasteiger partial charge in [0, 0.05) is 36.2 Å². The largest absolute Gasteiger partial charge is 0.472 e. The maximum absolute atomic E-state index is 12.4. The summed E-state index contributed by atoms with van der Waals surface area (Å²) in [6.07, 6.45) is 4.58. The first kappa shape index (κ1) is 20.8. The molecule has 3 rings (SSSR count). The van der Waals surface area contributed by atoms with E-state index < -0.39 is 0 Å². The maximum atomic E-state index is 12.4. The lowest BCUT2D eigenvalue weighted by Crippen LogP contribution is -2.47. The first-order chi connectivity index (χ1) is 14.0. The van der Waals surface area contributed by atoms with Crippen LogP contribution in [0.1, 0.15) is 29.6 Å². The summed E-state index contributed by atoms with van der Waals surface area (Å²) in [5.74, 6) is 0.153. The van der Waals surface area contributed by atoms with Crippen molar-refractivity contribution in [3.05, 3.63) is 48.4 Å². The monoisotopic (exact) mass is 416 g/mol. The number of carbonyl (C=O) groups is 3. The van der Waals surface area contributed by atoms with Crippen molar-refractivity contribution in [2.24, 2.45) is 5.73 Å². The highest BCUT2D eigenvalue weighted by Crippen LogP contribution is 2.27. The summed E-state index contributed by atoms with van der Waals surface area (Å²) in [6, 6.07) is 8.79. The molecule has 9 heteroatoms. The fourth-order valence-electron chi connectivity index (χ4n) is 3.10. The molecule has 0 spiro atoms. The number of piperidine rings is 1. The Bertz CT molecular complexity index is 848. The number of thioether (sulfide) groups is 1. The molecular weight excluding hydrogens is 392 g/mol. The molecule has 0 bridgehead atoms. The standard InChI is InChI=1S/C20H24N4O4S/c21-18(25)8-12-29-17-4-2-1-3-16(17)23-20(27)22-15-5-9-24(10-6-15)19(26)14-7-11-28-13-14/h1-4,7,11,13,15H,5-6,8-10,12H2,(H2,21,25)(H2,22,23,27). The van der Waals surface area contributed by atoms with E-state index in [4.69, 9.17) is 10.2 Å². The van der Waals surface area contributed by atoms with E-state index in [1.165, 1.54) is 24.3 Å². The number of hydrogen-bond donors (Lipinski definition) is 3. The predicted octanol–water partition coefficient (Wildman–Crippen LogP) is 2.67. The second kappa shape index (κ2) is 10.0. The fraction of sp³-hybridized carbons (Fsp3) is 0.350. The average molecular weight is 417 g/mol. The molecule has 0 atom stereocenters. The van der Waals surface area contributed by atoms with Crippen LogP contribution in [0.3, 0.4) is 0 Å². The summed E-state index contributed by atoms with van der Waals surface area (Å²) in [5, 5.41) is 5.85. The number of likely N-dealkylation sites (tertiary alicyclic amines) is 1. The molecule has 1 aliphatic rings. The van der Waals surface area contributed by atoms with Gasteiger partial charge in [-0.1, -0.05) is 12.1 Å². The fourth-order valence-corrected chi connectivity index (χ4v) is 4.07. The van der Waals surface area contributed by atoms with E-state index in [1.807, 2.05) is 24.3 Å². The zero-order chi connectivity index (χ0) is 20.6. The molecule has 1 saturated heterocycles. The van der Waals surface area contributed by atoms with Crippen molar-refractivity contribution >= 4 is 35.3 Å². The van der Waals surface area contributed by atoms with Gasteiger partial charge >= 0.3 is 6.03 Å². The smallest absolute Gasteiger partial charge is 0.319 e. The van der Waals surface area contributed by atoms with Crippen molar-refractivity contribution in [2.75, 3.05) is 24.2 Å². The summed E-state index contributed by atoms with van der Waals surface area (Å²) in [6.45, 7) is 1.16. The van der Waals surface area contributed by atoms with Crippen molar-refractivity contribution in [3.8, 4) is 0 Å². The summed E-state index contributed by atoms with van der Waals surface area (Å²) >= 11 is 1.47. The number of nitrogens with one attached hydrogen (secondary N) is 2. The first-order valence-electron chi connectivity index (χ1n) is 9.42. The molecule has 0 radical (unpaired) electrons. The van der Waals surface area contributed by atoms with Crippen LogP contribution in [0.25, 0.3) is 0 Å². The van der Waals surface area contributed by atoms with Crippen LogP contribution in [0.4, 0.5) is 10.5 Å². The Morgan fingerprint density at radius 3 is 2.62 bits per heavy atom. The zero-order valence-corrected chi connectivity index (χ0v) is 16.7. The van der Waals surface area contributed by atoms with Gasteiger partial charge in [-0.25, -0.2) is 4.79 Å². The maximum Gasteiger partial charge on any atom is 0.319 e. The number of nitrogens with zero attached hydrogens (tertiary/aromatic N) is 1. The van der Waals surface area contributed by atoms with E-state index in [2.05, 4.69) is 10.6 Å². The molecule has 0 aliphatic carbocycles. The predicted molar refractivity (Wildman–Crippen MR) is 111 cm³/mol. The second-order valence-corrected chi connectivity index (χ2v) is 7.87. The van der Waals surface area contributed by atoms with Crippen molar-refractivity contribution in [3.63, 3.8) is 0 Å². The third kappa shape index (κ3) is 6.02. The third-order valence-corrected chi connectivity index (χ3v) is 5.70. The highest BCUT2D eigenvalue weighted by Gasteiger charge is 2.25. The molecule has 4 amide bonds. The van der Waals surface area contributed by atoms with E-state index in [9.17, 15) is 14.4 Å². The summed E-state index contributed by atoms with van der Waals surface area (Å²) in [5.41, 5.74) is 6.40. The van der Waals surface area contributed by atoms with Gasteiger partial charge in [0.1, 0.15) is 6.26 Å². The average Bonchev–Trinajstić information content (AvgIpc) is 3.24. The number of furan rings is 1. The molecule has 1 aromatic heterocycles. The minimum Gasteiger partial charge on any atom is -0.472 e. The van der Waals surface area contributed by atoms with Crippen molar-refractivity contribution in [1.29, 1.82) is 0 Å². The molecule has 2 aromatic rings. The molecule has 1 aliphatic heterocycles. The van der Waals surface area contributed by atoms with Gasteiger partial charge in [0.05, 0.1) is 17.5 Å². The number of para-hydroxylation sites is 1. The van der Waals surface area contributed by atoms with Crippen LogP contribution in [-0.2, 0) is 4.79 Å².